The molecule has 0 rings (SSSR count). The maximum absolute atomic E-state index is 10.1. The number of hydrogen-bond donors (Lipinski definition) is 1. The van der Waals surface area contributed by atoms with E-state index in [0.29, 0.717) is 6.42 Å². The first-order valence-corrected chi connectivity index (χ1v) is 4.85. The average Bonchev–Trinajstić information content (AvgIpc) is 1.99. The highest BCUT2D eigenvalue weighted by Crippen LogP contribution is 2.19. The van der Waals surface area contributed by atoms with Crippen LogP contribution in [0.15, 0.2) is 0 Å². The summed E-state index contributed by atoms with van der Waals surface area (Å²) in [5.74, 6) is 0. The zero-order chi connectivity index (χ0) is 12.1. The summed E-state index contributed by atoms with van der Waals surface area (Å²) in [4.78, 5) is 20.5. The van der Waals surface area contributed by atoms with Crippen LogP contribution >= 0.6 is 0 Å². The van der Waals surface area contributed by atoms with E-state index in [1.807, 2.05) is 34.6 Å². The summed E-state index contributed by atoms with van der Waals surface area (Å²) >= 11 is 0. The summed E-state index contributed by atoms with van der Waals surface area (Å²) in [6, 6.07) is 0. The van der Waals surface area contributed by atoms with Crippen LogP contribution in [-0.4, -0.2) is 29.1 Å². The van der Waals surface area contributed by atoms with Crippen LogP contribution in [0.3, 0.4) is 0 Å². The van der Waals surface area contributed by atoms with Gasteiger partial charge in [0, 0.05) is 6.42 Å². The maximum atomic E-state index is 10.1. The minimum atomic E-state index is -1.28. The zero-order valence-electron chi connectivity index (χ0n) is 9.99. The largest absolute Gasteiger partial charge is 0.505 e. The first-order valence-electron chi connectivity index (χ1n) is 4.85. The summed E-state index contributed by atoms with van der Waals surface area (Å²) < 4.78 is 4.39. The van der Waals surface area contributed by atoms with Crippen LogP contribution in [0.1, 0.15) is 41.0 Å². The van der Waals surface area contributed by atoms with Crippen LogP contribution in [0, 0.1) is 0 Å². The van der Waals surface area contributed by atoms with E-state index in [4.69, 9.17) is 14.9 Å². The van der Waals surface area contributed by atoms with Crippen LogP contribution in [0.4, 0.5) is 4.79 Å². The Balaban J connectivity index is 3.81. The Hall–Kier alpha value is -0.810. The highest BCUT2D eigenvalue weighted by atomic mass is 17.2. The third kappa shape index (κ3) is 9.49. The molecule has 0 radical (unpaired) electrons. The Morgan fingerprint density at radius 2 is 1.67 bits per heavy atom. The molecule has 1 N–H and O–H groups in total. The zero-order valence-corrected chi connectivity index (χ0v) is 9.99. The SMILES string of the molecule is CC(C)(C)OOC(C)(C)CCOC(=O)O. The molecule has 5 nitrogen and oxygen atoms in total. The minimum Gasteiger partial charge on any atom is -0.450 e. The molecular formula is C10H20O5. The Bertz CT molecular complexity index is 204. The molecule has 0 aromatic heterocycles. The molecule has 5 heteroatoms. The second-order valence-electron chi connectivity index (χ2n) is 4.90. The quantitative estimate of drug-likeness (QED) is 0.438. The van der Waals surface area contributed by atoms with E-state index in [0.717, 1.165) is 0 Å². The van der Waals surface area contributed by atoms with E-state index in [9.17, 15) is 4.79 Å². The highest BCUT2D eigenvalue weighted by Gasteiger charge is 2.24. The van der Waals surface area contributed by atoms with E-state index in [1.54, 1.807) is 0 Å². The smallest absolute Gasteiger partial charge is 0.450 e. The first kappa shape index (κ1) is 14.2. The molecule has 0 aromatic carbocycles. The Morgan fingerprint density at radius 1 is 1.13 bits per heavy atom. The predicted molar refractivity (Wildman–Crippen MR) is 54.6 cm³/mol. The van der Waals surface area contributed by atoms with Crippen molar-refractivity contribution in [1.82, 2.24) is 0 Å². The number of rotatable bonds is 5. The van der Waals surface area contributed by atoms with E-state index in [1.165, 1.54) is 0 Å². The van der Waals surface area contributed by atoms with Gasteiger partial charge in [-0.25, -0.2) is 14.6 Å². The van der Waals surface area contributed by atoms with Gasteiger partial charge in [0.1, 0.15) is 5.60 Å². The third-order valence-electron chi connectivity index (χ3n) is 1.45. The fourth-order valence-electron chi connectivity index (χ4n) is 0.664. The summed E-state index contributed by atoms with van der Waals surface area (Å²) in [6.07, 6.45) is -0.836. The summed E-state index contributed by atoms with van der Waals surface area (Å²) in [6.45, 7) is 9.33. The number of carbonyl (C=O) groups is 1. The van der Waals surface area contributed by atoms with Gasteiger partial charge in [-0.15, -0.1) is 0 Å². The van der Waals surface area contributed by atoms with Crippen molar-refractivity contribution in [3.05, 3.63) is 0 Å². The van der Waals surface area contributed by atoms with Gasteiger partial charge >= 0.3 is 6.16 Å². The molecule has 0 atom stereocenters. The van der Waals surface area contributed by atoms with Crippen molar-refractivity contribution in [2.75, 3.05) is 6.61 Å². The van der Waals surface area contributed by atoms with Crippen molar-refractivity contribution in [2.45, 2.75) is 52.2 Å². The Morgan fingerprint density at radius 3 is 2.07 bits per heavy atom. The normalized spacial score (nSPS) is 12.6. The monoisotopic (exact) mass is 220 g/mol. The molecule has 0 heterocycles. The number of carboxylic acid groups (broad SMARTS) is 1. The molecule has 0 aromatic rings. The fourth-order valence-corrected chi connectivity index (χ4v) is 0.664. The van der Waals surface area contributed by atoms with Crippen LogP contribution < -0.4 is 0 Å². The molecule has 0 saturated carbocycles. The van der Waals surface area contributed by atoms with Gasteiger partial charge in [0.15, 0.2) is 0 Å². The van der Waals surface area contributed by atoms with Gasteiger partial charge in [0.25, 0.3) is 0 Å². The van der Waals surface area contributed by atoms with Gasteiger partial charge in [-0.2, -0.15) is 0 Å². The molecular weight excluding hydrogens is 200 g/mol. The third-order valence-corrected chi connectivity index (χ3v) is 1.45. The van der Waals surface area contributed by atoms with E-state index >= 15 is 0 Å². The maximum Gasteiger partial charge on any atom is 0.505 e. The first-order chi connectivity index (χ1) is 6.62. The summed E-state index contributed by atoms with van der Waals surface area (Å²) in [7, 11) is 0. The van der Waals surface area contributed by atoms with Crippen molar-refractivity contribution < 1.29 is 24.4 Å². The van der Waals surface area contributed by atoms with Gasteiger partial charge in [-0.3, -0.25) is 0 Å². The molecule has 0 aliphatic carbocycles. The van der Waals surface area contributed by atoms with Crippen LogP contribution in [0.25, 0.3) is 0 Å². The van der Waals surface area contributed by atoms with Crippen molar-refractivity contribution in [2.24, 2.45) is 0 Å². The van der Waals surface area contributed by atoms with Gasteiger partial charge < -0.3 is 9.84 Å². The Labute approximate surface area is 90.2 Å². The Kier molecular flexibility index (Phi) is 5.03. The highest BCUT2D eigenvalue weighted by molar-refractivity contribution is 5.56. The molecule has 0 fully saturated rings. The lowest BCUT2D eigenvalue weighted by molar-refractivity contribution is -0.398. The molecule has 0 spiro atoms. The van der Waals surface area contributed by atoms with Crippen molar-refractivity contribution >= 4 is 6.16 Å². The topological polar surface area (TPSA) is 65.0 Å². The van der Waals surface area contributed by atoms with Crippen LogP contribution in [0.2, 0.25) is 0 Å². The molecule has 0 unspecified atom stereocenters. The van der Waals surface area contributed by atoms with E-state index < -0.39 is 11.8 Å². The standard InChI is InChI=1S/C10H20O5/c1-9(2,3)14-15-10(4,5)6-7-13-8(11)12/h6-7H2,1-5H3,(H,11,12). The predicted octanol–water partition coefficient (Wildman–Crippen LogP) is 2.60. The second-order valence-corrected chi connectivity index (χ2v) is 4.90. The van der Waals surface area contributed by atoms with Gasteiger partial charge in [-0.05, 0) is 34.6 Å². The van der Waals surface area contributed by atoms with Gasteiger partial charge in [0.05, 0.1) is 12.2 Å². The van der Waals surface area contributed by atoms with E-state index in [-0.39, 0.29) is 12.2 Å². The average molecular weight is 220 g/mol. The molecule has 90 valence electrons. The van der Waals surface area contributed by atoms with Crippen LogP contribution in [0.5, 0.6) is 0 Å². The minimum absolute atomic E-state index is 0.0931. The molecule has 0 saturated heterocycles. The summed E-state index contributed by atoms with van der Waals surface area (Å²) in [5, 5.41) is 8.28. The molecule has 0 aliphatic heterocycles. The van der Waals surface area contributed by atoms with Crippen molar-refractivity contribution in [3.63, 3.8) is 0 Å². The van der Waals surface area contributed by atoms with Crippen LogP contribution in [-0.2, 0) is 14.5 Å². The van der Waals surface area contributed by atoms with Gasteiger partial charge in [-0.1, -0.05) is 0 Å². The summed E-state index contributed by atoms with van der Waals surface area (Å²) in [5.41, 5.74) is -0.951. The fraction of sp³-hybridized carbons (Fsp3) is 0.900. The van der Waals surface area contributed by atoms with Crippen molar-refractivity contribution in [1.29, 1.82) is 0 Å². The second kappa shape index (κ2) is 5.32. The number of ether oxygens (including phenoxy) is 1. The molecule has 0 aliphatic rings. The van der Waals surface area contributed by atoms with E-state index in [2.05, 4.69) is 4.74 Å². The number of hydrogen-bond acceptors (Lipinski definition) is 4. The lowest BCUT2D eigenvalue weighted by Crippen LogP contribution is -2.32. The molecule has 0 amide bonds. The lowest BCUT2D eigenvalue weighted by Gasteiger charge is -2.28. The molecule has 0 bridgehead atoms. The van der Waals surface area contributed by atoms with Gasteiger partial charge in [0.2, 0.25) is 0 Å². The molecule has 15 heavy (non-hydrogen) atoms. The lowest BCUT2D eigenvalue weighted by atomic mass is 10.1. The van der Waals surface area contributed by atoms with Crippen molar-refractivity contribution in [3.8, 4) is 0 Å².